The van der Waals surface area contributed by atoms with Crippen molar-refractivity contribution in [1.29, 1.82) is 0 Å². The van der Waals surface area contributed by atoms with E-state index in [9.17, 15) is 14.7 Å². The molecule has 146 valence electrons. The minimum absolute atomic E-state index is 0.163. The smallest absolute Gasteiger partial charge is 0.347 e. The quantitative estimate of drug-likeness (QED) is 0.684. The average Bonchev–Trinajstić information content (AvgIpc) is 3.18. The van der Waals surface area contributed by atoms with Crippen LogP contribution in [0.2, 0.25) is 5.15 Å². The first kappa shape index (κ1) is 19.6. The molecule has 3 N–H and O–H groups in total. The van der Waals surface area contributed by atoms with Gasteiger partial charge in [-0.3, -0.25) is 4.79 Å². The summed E-state index contributed by atoms with van der Waals surface area (Å²) < 4.78 is 5.55. The average molecular weight is 414 g/mol. The Balaban J connectivity index is 1.68. The Hall–Kier alpha value is -2.17. The molecule has 0 bridgehead atoms. The van der Waals surface area contributed by atoms with Crippen LogP contribution in [0.25, 0.3) is 0 Å². The van der Waals surface area contributed by atoms with Crippen LogP contribution in [0.1, 0.15) is 38.1 Å². The number of carboxylic acids is 1. The molecule has 1 aliphatic heterocycles. The zero-order valence-corrected chi connectivity index (χ0v) is 16.6. The van der Waals surface area contributed by atoms with E-state index in [1.807, 2.05) is 4.90 Å². The number of aromatic carboxylic acids is 1. The van der Waals surface area contributed by atoms with Crippen LogP contribution in [-0.2, 0) is 4.74 Å². The number of piperidine rings is 1. The topological polar surface area (TPSA) is 120 Å². The number of carbonyl (C=O) groups is 2. The van der Waals surface area contributed by atoms with E-state index >= 15 is 0 Å². The van der Waals surface area contributed by atoms with Gasteiger partial charge in [0.05, 0.1) is 23.5 Å². The molecule has 1 fully saturated rings. The normalized spacial score (nSPS) is 19.9. The number of hydrogen-bond acceptors (Lipinski definition) is 7. The lowest BCUT2D eigenvalue weighted by atomic mass is 10.0. The third-order valence-electron chi connectivity index (χ3n) is 4.47. The minimum atomic E-state index is -0.978. The Morgan fingerprint density at radius 2 is 2.15 bits per heavy atom. The van der Waals surface area contributed by atoms with E-state index in [0.29, 0.717) is 36.0 Å². The summed E-state index contributed by atoms with van der Waals surface area (Å²) in [5, 5.41) is 13.1. The summed E-state index contributed by atoms with van der Waals surface area (Å²) in [5.74, 6) is -1.16. The van der Waals surface area contributed by atoms with Crippen molar-refractivity contribution in [2.45, 2.75) is 32.4 Å². The molecule has 11 heteroatoms. The number of ether oxygens (including phenoxy) is 1. The van der Waals surface area contributed by atoms with Crippen LogP contribution in [0.4, 0.5) is 5.13 Å². The number of amides is 1. The number of nitrogens with zero attached hydrogens (tertiary/aromatic N) is 3. The van der Waals surface area contributed by atoms with Crippen molar-refractivity contribution in [2.75, 3.05) is 25.1 Å². The number of H-pyrrole nitrogens is 1. The maximum Gasteiger partial charge on any atom is 0.347 e. The van der Waals surface area contributed by atoms with Gasteiger partial charge in [0.25, 0.3) is 5.91 Å². The third-order valence-corrected chi connectivity index (χ3v) is 6.04. The Kier molecular flexibility index (Phi) is 5.68. The molecule has 0 radical (unpaired) electrons. The molecule has 0 saturated carbocycles. The first-order valence-electron chi connectivity index (χ1n) is 8.31. The number of rotatable bonds is 5. The number of aryl methyl sites for hydroxylation is 2. The van der Waals surface area contributed by atoms with Gasteiger partial charge < -0.3 is 25.0 Å². The number of carbonyl (C=O) groups excluding carboxylic acids is 1. The number of nitrogens with one attached hydrogen (secondary N) is 2. The highest BCUT2D eigenvalue weighted by Crippen LogP contribution is 2.29. The number of aromatic nitrogens is 3. The lowest BCUT2D eigenvalue weighted by molar-refractivity contribution is 0.0538. The first-order chi connectivity index (χ1) is 12.8. The SMILES string of the molecule is CO[C@H]1CN(c2nc(C)c(C(=O)O)s2)CC[C@H]1NC(=O)c1nc(Cl)c(C)[nH]1. The largest absolute Gasteiger partial charge is 0.477 e. The number of methoxy groups -OCH3 is 1. The van der Waals surface area contributed by atoms with Crippen LogP contribution < -0.4 is 10.2 Å². The molecule has 3 rings (SSSR count). The molecule has 0 aliphatic carbocycles. The molecule has 1 saturated heterocycles. The van der Waals surface area contributed by atoms with Crippen molar-refractivity contribution in [2.24, 2.45) is 0 Å². The Bertz CT molecular complexity index is 848. The van der Waals surface area contributed by atoms with E-state index < -0.39 is 5.97 Å². The van der Waals surface area contributed by atoms with Gasteiger partial charge in [-0.05, 0) is 20.3 Å². The molecule has 3 heterocycles. The van der Waals surface area contributed by atoms with Gasteiger partial charge in [-0.1, -0.05) is 22.9 Å². The summed E-state index contributed by atoms with van der Waals surface area (Å²) in [4.78, 5) is 37.1. The Morgan fingerprint density at radius 1 is 1.41 bits per heavy atom. The molecule has 0 unspecified atom stereocenters. The number of thiazole rings is 1. The van der Waals surface area contributed by atoms with E-state index in [4.69, 9.17) is 16.3 Å². The summed E-state index contributed by atoms with van der Waals surface area (Å²) >= 11 is 7.04. The van der Waals surface area contributed by atoms with E-state index in [-0.39, 0.29) is 33.9 Å². The summed E-state index contributed by atoms with van der Waals surface area (Å²) in [6.45, 7) is 4.53. The highest BCUT2D eigenvalue weighted by atomic mass is 35.5. The summed E-state index contributed by atoms with van der Waals surface area (Å²) in [7, 11) is 1.58. The van der Waals surface area contributed by atoms with Crippen molar-refractivity contribution in [3.63, 3.8) is 0 Å². The van der Waals surface area contributed by atoms with Gasteiger partial charge in [0, 0.05) is 20.2 Å². The number of hydrogen-bond donors (Lipinski definition) is 3. The first-order valence-corrected chi connectivity index (χ1v) is 9.51. The zero-order valence-electron chi connectivity index (χ0n) is 15.1. The van der Waals surface area contributed by atoms with Crippen molar-refractivity contribution < 1.29 is 19.4 Å². The van der Waals surface area contributed by atoms with Gasteiger partial charge >= 0.3 is 5.97 Å². The number of carboxylic acid groups (broad SMARTS) is 1. The minimum Gasteiger partial charge on any atom is -0.477 e. The third kappa shape index (κ3) is 4.07. The fourth-order valence-corrected chi connectivity index (χ4v) is 4.07. The lowest BCUT2D eigenvalue weighted by Gasteiger charge is -2.37. The second kappa shape index (κ2) is 7.83. The van der Waals surface area contributed by atoms with Gasteiger partial charge in [-0.2, -0.15) is 0 Å². The molecule has 0 aromatic carbocycles. The van der Waals surface area contributed by atoms with Crippen LogP contribution in [0.3, 0.4) is 0 Å². The van der Waals surface area contributed by atoms with Crippen LogP contribution in [-0.4, -0.2) is 64.3 Å². The number of aromatic amines is 1. The molecule has 27 heavy (non-hydrogen) atoms. The number of anilines is 1. The van der Waals surface area contributed by atoms with Crippen LogP contribution in [0.5, 0.6) is 0 Å². The van der Waals surface area contributed by atoms with E-state index in [2.05, 4.69) is 20.3 Å². The second-order valence-electron chi connectivity index (χ2n) is 6.31. The maximum absolute atomic E-state index is 12.4. The van der Waals surface area contributed by atoms with Gasteiger partial charge in [-0.15, -0.1) is 0 Å². The predicted octanol–water partition coefficient (Wildman–Crippen LogP) is 1.86. The molecular formula is C16H20ClN5O4S. The van der Waals surface area contributed by atoms with Gasteiger partial charge in [0.2, 0.25) is 0 Å². The van der Waals surface area contributed by atoms with Crippen LogP contribution >= 0.6 is 22.9 Å². The van der Waals surface area contributed by atoms with Crippen molar-refractivity contribution in [1.82, 2.24) is 20.3 Å². The molecular weight excluding hydrogens is 394 g/mol. The summed E-state index contributed by atoms with van der Waals surface area (Å²) in [6, 6.07) is -0.206. The molecule has 0 spiro atoms. The number of imidazole rings is 1. The molecule has 2 aromatic heterocycles. The lowest BCUT2D eigenvalue weighted by Crippen LogP contribution is -2.55. The van der Waals surface area contributed by atoms with Crippen molar-refractivity contribution in [3.8, 4) is 0 Å². The Labute approximate surface area is 164 Å². The fraction of sp³-hybridized carbons (Fsp3) is 0.500. The van der Waals surface area contributed by atoms with E-state index in [1.165, 1.54) is 0 Å². The Morgan fingerprint density at radius 3 is 2.70 bits per heavy atom. The van der Waals surface area contributed by atoms with Crippen molar-refractivity contribution >= 4 is 39.9 Å². The summed E-state index contributed by atoms with van der Waals surface area (Å²) in [6.07, 6.45) is 0.352. The van der Waals surface area contributed by atoms with Gasteiger partial charge in [0.1, 0.15) is 4.88 Å². The van der Waals surface area contributed by atoms with Crippen LogP contribution in [0.15, 0.2) is 0 Å². The standard InChI is InChI=1S/C16H20ClN5O4S/c1-7-11(15(24)25)27-16(19-7)22-5-4-9(10(6-22)26-3)20-14(23)13-18-8(2)12(17)21-13/h9-10H,4-6H2,1-3H3,(H,18,21)(H,20,23)(H,24,25)/t9-,10+/m1/s1. The molecule has 2 aromatic rings. The van der Waals surface area contributed by atoms with E-state index in [0.717, 1.165) is 11.3 Å². The highest BCUT2D eigenvalue weighted by Gasteiger charge is 2.33. The zero-order chi connectivity index (χ0) is 19.7. The monoisotopic (exact) mass is 413 g/mol. The molecule has 2 atom stereocenters. The van der Waals surface area contributed by atoms with Gasteiger partial charge in [0.15, 0.2) is 16.1 Å². The summed E-state index contributed by atoms with van der Waals surface area (Å²) in [5.41, 5.74) is 1.13. The van der Waals surface area contributed by atoms with Crippen LogP contribution in [0, 0.1) is 13.8 Å². The number of halogens is 1. The molecule has 1 amide bonds. The highest BCUT2D eigenvalue weighted by molar-refractivity contribution is 7.17. The maximum atomic E-state index is 12.4. The van der Waals surface area contributed by atoms with Gasteiger partial charge in [-0.25, -0.2) is 14.8 Å². The molecule has 9 nitrogen and oxygen atoms in total. The van der Waals surface area contributed by atoms with E-state index in [1.54, 1.807) is 21.0 Å². The second-order valence-corrected chi connectivity index (χ2v) is 7.64. The van der Waals surface area contributed by atoms with Crippen molar-refractivity contribution in [3.05, 3.63) is 27.2 Å². The predicted molar refractivity (Wildman–Crippen MR) is 101 cm³/mol. The molecule has 1 aliphatic rings. The fourth-order valence-electron chi connectivity index (χ4n) is 2.99.